The van der Waals surface area contributed by atoms with Crippen molar-refractivity contribution in [2.24, 2.45) is 0 Å². The van der Waals surface area contributed by atoms with Gasteiger partial charge in [-0.05, 0) is 30.7 Å². The van der Waals surface area contributed by atoms with Crippen LogP contribution >= 0.6 is 11.6 Å². The zero-order valence-corrected chi connectivity index (χ0v) is 10.6. The molecule has 0 saturated carbocycles. The third-order valence-electron chi connectivity index (χ3n) is 2.75. The van der Waals surface area contributed by atoms with Crippen molar-refractivity contribution >= 4 is 17.6 Å². The molecule has 2 nitrogen and oxygen atoms in total. The lowest BCUT2D eigenvalue weighted by atomic mass is 10.0. The van der Waals surface area contributed by atoms with E-state index >= 15 is 0 Å². The normalized spacial score (nSPS) is 10.5. The summed E-state index contributed by atoms with van der Waals surface area (Å²) in [6.45, 7) is 1.51. The Balaban J connectivity index is 2.59. The summed E-state index contributed by atoms with van der Waals surface area (Å²) in [5.74, 6) is -2.50. The Hall–Kier alpha value is -1.94. The maximum atomic E-state index is 13.7. The van der Waals surface area contributed by atoms with Gasteiger partial charge in [0.25, 0.3) is 0 Å². The highest BCUT2D eigenvalue weighted by atomic mass is 35.5. The van der Waals surface area contributed by atoms with Gasteiger partial charge in [0.2, 0.25) is 0 Å². The number of aryl methyl sites for hydroxylation is 1. The number of aromatic carboxylic acids is 1. The Morgan fingerprint density at radius 3 is 2.37 bits per heavy atom. The topological polar surface area (TPSA) is 37.3 Å². The zero-order chi connectivity index (χ0) is 14.2. The summed E-state index contributed by atoms with van der Waals surface area (Å²) >= 11 is 5.95. The highest BCUT2D eigenvalue weighted by Crippen LogP contribution is 2.32. The van der Waals surface area contributed by atoms with Crippen molar-refractivity contribution in [3.63, 3.8) is 0 Å². The number of hydrogen-bond donors (Lipinski definition) is 1. The van der Waals surface area contributed by atoms with Crippen molar-refractivity contribution in [2.45, 2.75) is 6.92 Å². The smallest absolute Gasteiger partial charge is 0.335 e. The molecule has 5 heteroatoms. The summed E-state index contributed by atoms with van der Waals surface area (Å²) in [4.78, 5) is 10.8. The molecule has 0 heterocycles. The Morgan fingerprint density at radius 1 is 1.11 bits per heavy atom. The van der Waals surface area contributed by atoms with Gasteiger partial charge in [-0.2, -0.15) is 0 Å². The first kappa shape index (κ1) is 13.5. The van der Waals surface area contributed by atoms with Crippen LogP contribution < -0.4 is 0 Å². The quantitative estimate of drug-likeness (QED) is 0.892. The minimum Gasteiger partial charge on any atom is -0.478 e. The fraction of sp³-hybridized carbons (Fsp3) is 0.0714. The molecule has 0 aliphatic carbocycles. The molecule has 0 bridgehead atoms. The largest absolute Gasteiger partial charge is 0.478 e. The third-order valence-corrected chi connectivity index (χ3v) is 3.07. The lowest BCUT2D eigenvalue weighted by Crippen LogP contribution is -1.97. The molecule has 0 aliphatic rings. The van der Waals surface area contributed by atoms with Crippen molar-refractivity contribution in [3.8, 4) is 11.1 Å². The molecule has 19 heavy (non-hydrogen) atoms. The first-order valence-electron chi connectivity index (χ1n) is 5.39. The fourth-order valence-corrected chi connectivity index (χ4v) is 2.01. The van der Waals surface area contributed by atoms with Crippen molar-refractivity contribution in [3.05, 3.63) is 58.1 Å². The predicted molar refractivity (Wildman–Crippen MR) is 68.5 cm³/mol. The van der Waals surface area contributed by atoms with Crippen molar-refractivity contribution < 1.29 is 18.7 Å². The van der Waals surface area contributed by atoms with Gasteiger partial charge in [-0.15, -0.1) is 0 Å². The van der Waals surface area contributed by atoms with Crippen LogP contribution in [-0.2, 0) is 0 Å². The number of benzene rings is 2. The maximum absolute atomic E-state index is 13.7. The first-order valence-corrected chi connectivity index (χ1v) is 5.77. The number of carboxylic acids is 1. The molecule has 0 radical (unpaired) electrons. The molecule has 0 saturated heterocycles. The van der Waals surface area contributed by atoms with Crippen LogP contribution in [0.15, 0.2) is 30.3 Å². The molecule has 0 atom stereocenters. The van der Waals surface area contributed by atoms with Gasteiger partial charge in [-0.3, -0.25) is 0 Å². The van der Waals surface area contributed by atoms with E-state index in [1.54, 1.807) is 0 Å². The number of halogens is 3. The Morgan fingerprint density at radius 2 is 1.79 bits per heavy atom. The third kappa shape index (κ3) is 2.58. The van der Waals surface area contributed by atoms with E-state index in [2.05, 4.69) is 0 Å². The summed E-state index contributed by atoms with van der Waals surface area (Å²) in [6, 6.07) is 6.08. The summed E-state index contributed by atoms with van der Waals surface area (Å²) in [6.07, 6.45) is 0. The molecule has 2 rings (SSSR count). The van der Waals surface area contributed by atoms with E-state index in [1.807, 2.05) is 0 Å². The van der Waals surface area contributed by atoms with E-state index in [0.717, 1.165) is 6.07 Å². The summed E-state index contributed by atoms with van der Waals surface area (Å²) in [5, 5.41) is 8.93. The van der Waals surface area contributed by atoms with Gasteiger partial charge in [-0.1, -0.05) is 17.7 Å². The Kier molecular flexibility index (Phi) is 3.53. The van der Waals surface area contributed by atoms with Crippen molar-refractivity contribution in [1.29, 1.82) is 0 Å². The van der Waals surface area contributed by atoms with E-state index in [0.29, 0.717) is 5.56 Å². The monoisotopic (exact) mass is 282 g/mol. The van der Waals surface area contributed by atoms with Gasteiger partial charge < -0.3 is 5.11 Å². The molecule has 0 amide bonds. The highest BCUT2D eigenvalue weighted by molar-refractivity contribution is 6.33. The Labute approximate surface area is 113 Å². The SMILES string of the molecule is Cc1cc(-c2ccc(C(=O)O)cc2Cl)c(F)cc1F. The summed E-state index contributed by atoms with van der Waals surface area (Å²) in [5.41, 5.74) is 0.760. The van der Waals surface area contributed by atoms with Crippen molar-refractivity contribution in [2.75, 3.05) is 0 Å². The van der Waals surface area contributed by atoms with Crippen LogP contribution in [0.2, 0.25) is 5.02 Å². The van der Waals surface area contributed by atoms with E-state index in [4.69, 9.17) is 16.7 Å². The lowest BCUT2D eigenvalue weighted by Gasteiger charge is -2.08. The van der Waals surface area contributed by atoms with E-state index < -0.39 is 17.6 Å². The van der Waals surface area contributed by atoms with Gasteiger partial charge in [0, 0.05) is 22.2 Å². The van der Waals surface area contributed by atoms with Gasteiger partial charge >= 0.3 is 5.97 Å². The Bertz CT molecular complexity index is 669. The molecule has 0 spiro atoms. The average molecular weight is 283 g/mol. The molecule has 0 unspecified atom stereocenters. The second kappa shape index (κ2) is 4.97. The summed E-state index contributed by atoms with van der Waals surface area (Å²) in [7, 11) is 0. The van der Waals surface area contributed by atoms with E-state index in [-0.39, 0.29) is 21.7 Å². The van der Waals surface area contributed by atoms with Crippen LogP contribution in [0.25, 0.3) is 11.1 Å². The standard InChI is InChI=1S/C14H9ClF2O2/c1-7-4-10(13(17)6-12(7)16)9-3-2-8(14(18)19)5-11(9)15/h2-6H,1H3,(H,18,19). The highest BCUT2D eigenvalue weighted by Gasteiger charge is 2.14. The van der Waals surface area contributed by atoms with Crippen LogP contribution in [0.3, 0.4) is 0 Å². The lowest BCUT2D eigenvalue weighted by molar-refractivity contribution is 0.0697. The van der Waals surface area contributed by atoms with Gasteiger partial charge in [-0.25, -0.2) is 13.6 Å². The van der Waals surface area contributed by atoms with Crippen LogP contribution in [0.5, 0.6) is 0 Å². The molecule has 98 valence electrons. The average Bonchev–Trinajstić information content (AvgIpc) is 2.34. The molecule has 1 N–H and O–H groups in total. The second-order valence-electron chi connectivity index (χ2n) is 4.08. The predicted octanol–water partition coefficient (Wildman–Crippen LogP) is 4.29. The maximum Gasteiger partial charge on any atom is 0.335 e. The number of rotatable bonds is 2. The van der Waals surface area contributed by atoms with Gasteiger partial charge in [0.15, 0.2) is 0 Å². The molecule has 2 aromatic carbocycles. The fourth-order valence-electron chi connectivity index (χ4n) is 1.73. The van der Waals surface area contributed by atoms with Crippen LogP contribution in [0.1, 0.15) is 15.9 Å². The molecule has 2 aromatic rings. The van der Waals surface area contributed by atoms with E-state index in [1.165, 1.54) is 31.2 Å². The van der Waals surface area contributed by atoms with E-state index in [9.17, 15) is 13.6 Å². The number of carbonyl (C=O) groups is 1. The molecule has 0 aromatic heterocycles. The van der Waals surface area contributed by atoms with Crippen molar-refractivity contribution in [1.82, 2.24) is 0 Å². The van der Waals surface area contributed by atoms with Crippen LogP contribution in [-0.4, -0.2) is 11.1 Å². The second-order valence-corrected chi connectivity index (χ2v) is 4.49. The van der Waals surface area contributed by atoms with Crippen LogP contribution in [0, 0.1) is 18.6 Å². The van der Waals surface area contributed by atoms with Gasteiger partial charge in [0.05, 0.1) is 5.56 Å². The summed E-state index contributed by atoms with van der Waals surface area (Å²) < 4.78 is 26.9. The van der Waals surface area contributed by atoms with Crippen LogP contribution in [0.4, 0.5) is 8.78 Å². The molecule has 0 fully saturated rings. The van der Waals surface area contributed by atoms with Gasteiger partial charge in [0.1, 0.15) is 11.6 Å². The minimum atomic E-state index is -1.12. The number of carboxylic acid groups (broad SMARTS) is 1. The zero-order valence-electron chi connectivity index (χ0n) is 9.88. The molecular formula is C14H9ClF2O2. The number of hydrogen-bond acceptors (Lipinski definition) is 1. The first-order chi connectivity index (χ1) is 8.90. The minimum absolute atomic E-state index is 0.00740. The molecular weight excluding hydrogens is 274 g/mol. The molecule has 0 aliphatic heterocycles.